The Morgan fingerprint density at radius 3 is 3.00 bits per heavy atom. The number of rotatable bonds is 2. The van der Waals surface area contributed by atoms with Crippen molar-refractivity contribution in [3.05, 3.63) is 34.6 Å². The predicted molar refractivity (Wildman–Crippen MR) is 79.0 cm³/mol. The van der Waals surface area contributed by atoms with Crippen LogP contribution in [0, 0.1) is 11.7 Å². The van der Waals surface area contributed by atoms with Gasteiger partial charge in [0.15, 0.2) is 5.84 Å². The fourth-order valence-corrected chi connectivity index (χ4v) is 2.80. The summed E-state index contributed by atoms with van der Waals surface area (Å²) in [7, 11) is 0. The van der Waals surface area contributed by atoms with E-state index in [0.717, 1.165) is 0 Å². The molecule has 0 unspecified atom stereocenters. The average Bonchev–Trinajstić information content (AvgIpc) is 3.11. The topological polar surface area (TPSA) is 59.9 Å². The molecule has 0 radical (unpaired) electrons. The molecular weight excluding hydrogens is 311 g/mol. The minimum Gasteiger partial charge on any atom is -0.391 e. The molecule has 0 aromatic heterocycles. The summed E-state index contributed by atoms with van der Waals surface area (Å²) in [5.41, 5.74) is 0.609. The summed E-state index contributed by atoms with van der Waals surface area (Å²) in [6.07, 6.45) is 0.632. The Morgan fingerprint density at radius 2 is 2.32 bits per heavy atom. The predicted octanol–water partition coefficient (Wildman–Crippen LogP) is 2.80. The summed E-state index contributed by atoms with van der Waals surface area (Å²) < 4.78 is 19.2. The molecule has 0 aliphatic carbocycles. The van der Waals surface area contributed by atoms with Crippen molar-refractivity contribution in [2.24, 2.45) is 11.1 Å². The Balaban J connectivity index is 1.72. The SMILES string of the molecule is C[C@@H]1CC(NC(=O)[C@@H]2CCO[C@H]2c2ccc(Cl)c(F)c2)=NO1. The van der Waals surface area contributed by atoms with Gasteiger partial charge in [-0.05, 0) is 31.0 Å². The first-order valence-electron chi connectivity index (χ1n) is 7.14. The van der Waals surface area contributed by atoms with E-state index in [-0.39, 0.29) is 23.0 Å². The third kappa shape index (κ3) is 3.08. The van der Waals surface area contributed by atoms with Gasteiger partial charge in [0.2, 0.25) is 5.91 Å². The number of carbonyl (C=O) groups excluding carboxylic acids is 1. The second-order valence-corrected chi connectivity index (χ2v) is 5.91. The van der Waals surface area contributed by atoms with Crippen LogP contribution in [0.15, 0.2) is 23.4 Å². The molecule has 1 N–H and O–H groups in total. The van der Waals surface area contributed by atoms with Crippen molar-refractivity contribution in [3.8, 4) is 0 Å². The van der Waals surface area contributed by atoms with E-state index in [4.69, 9.17) is 21.2 Å². The smallest absolute Gasteiger partial charge is 0.231 e. The van der Waals surface area contributed by atoms with E-state index < -0.39 is 11.9 Å². The van der Waals surface area contributed by atoms with Gasteiger partial charge in [-0.15, -0.1) is 0 Å². The van der Waals surface area contributed by atoms with E-state index in [1.807, 2.05) is 6.92 Å². The zero-order chi connectivity index (χ0) is 15.7. The fourth-order valence-electron chi connectivity index (χ4n) is 2.69. The second kappa shape index (κ2) is 6.22. The van der Waals surface area contributed by atoms with Crippen molar-refractivity contribution in [1.29, 1.82) is 0 Å². The minimum absolute atomic E-state index is 0.0312. The molecule has 3 atom stereocenters. The third-order valence-corrected chi connectivity index (χ3v) is 4.10. The van der Waals surface area contributed by atoms with Crippen LogP contribution in [0.4, 0.5) is 4.39 Å². The van der Waals surface area contributed by atoms with Gasteiger partial charge in [0.1, 0.15) is 11.9 Å². The van der Waals surface area contributed by atoms with E-state index in [1.54, 1.807) is 6.07 Å². The molecule has 1 amide bonds. The first-order chi connectivity index (χ1) is 10.5. The van der Waals surface area contributed by atoms with Crippen LogP contribution in [0.25, 0.3) is 0 Å². The van der Waals surface area contributed by atoms with Gasteiger partial charge >= 0.3 is 0 Å². The highest BCUT2D eigenvalue weighted by molar-refractivity contribution is 6.30. The standard InChI is InChI=1S/C15H16ClFN2O3/c1-8-6-13(19-22-8)18-15(20)10-4-5-21-14(10)9-2-3-11(16)12(17)7-9/h2-3,7-8,10,14H,4-6H2,1H3,(H,18,19,20)/t8-,10-,14+/m1/s1. The van der Waals surface area contributed by atoms with Gasteiger partial charge in [-0.3, -0.25) is 4.79 Å². The highest BCUT2D eigenvalue weighted by Gasteiger charge is 2.36. The number of oxime groups is 1. The molecule has 5 nitrogen and oxygen atoms in total. The lowest BCUT2D eigenvalue weighted by molar-refractivity contribution is -0.125. The number of amidine groups is 1. The Bertz CT molecular complexity index is 623. The normalized spacial score (nSPS) is 27.4. The zero-order valence-electron chi connectivity index (χ0n) is 12.0. The van der Waals surface area contributed by atoms with Crippen molar-refractivity contribution in [3.63, 3.8) is 0 Å². The van der Waals surface area contributed by atoms with E-state index in [1.165, 1.54) is 12.1 Å². The largest absolute Gasteiger partial charge is 0.391 e. The summed E-state index contributed by atoms with van der Waals surface area (Å²) in [5.74, 6) is -0.574. The number of hydrogen-bond donors (Lipinski definition) is 1. The molecule has 2 aliphatic heterocycles. The van der Waals surface area contributed by atoms with E-state index in [9.17, 15) is 9.18 Å². The molecule has 0 spiro atoms. The summed E-state index contributed by atoms with van der Waals surface area (Å²) in [5, 5.41) is 6.63. The van der Waals surface area contributed by atoms with Crippen LogP contribution in [0.1, 0.15) is 31.4 Å². The molecule has 0 bridgehead atoms. The molecule has 1 fully saturated rings. The number of hydrogen-bond acceptors (Lipinski definition) is 4. The molecule has 22 heavy (non-hydrogen) atoms. The van der Waals surface area contributed by atoms with Crippen LogP contribution in [0.3, 0.4) is 0 Å². The lowest BCUT2D eigenvalue weighted by Gasteiger charge is -2.18. The number of carbonyl (C=O) groups is 1. The van der Waals surface area contributed by atoms with Crippen LogP contribution in [0.2, 0.25) is 5.02 Å². The number of halogens is 2. The average molecular weight is 327 g/mol. The Morgan fingerprint density at radius 1 is 1.50 bits per heavy atom. The minimum atomic E-state index is -0.517. The molecular formula is C15H16ClFN2O3. The second-order valence-electron chi connectivity index (χ2n) is 5.51. The van der Waals surface area contributed by atoms with Crippen LogP contribution in [0.5, 0.6) is 0 Å². The maximum Gasteiger partial charge on any atom is 0.231 e. The first-order valence-corrected chi connectivity index (χ1v) is 7.52. The van der Waals surface area contributed by atoms with Crippen LogP contribution in [-0.4, -0.2) is 24.5 Å². The number of ether oxygens (including phenoxy) is 1. The quantitative estimate of drug-likeness (QED) is 0.909. The van der Waals surface area contributed by atoms with Crippen LogP contribution >= 0.6 is 11.6 Å². The Kier molecular flexibility index (Phi) is 4.31. The van der Waals surface area contributed by atoms with Gasteiger partial charge in [0, 0.05) is 13.0 Å². The van der Waals surface area contributed by atoms with Crippen molar-refractivity contribution in [2.45, 2.75) is 32.0 Å². The number of amides is 1. The maximum absolute atomic E-state index is 13.6. The highest BCUT2D eigenvalue weighted by atomic mass is 35.5. The van der Waals surface area contributed by atoms with E-state index in [0.29, 0.717) is 30.8 Å². The molecule has 7 heteroatoms. The Hall–Kier alpha value is -1.66. The molecule has 2 heterocycles. The Labute approximate surface area is 132 Å². The monoisotopic (exact) mass is 326 g/mol. The van der Waals surface area contributed by atoms with Gasteiger partial charge in [-0.1, -0.05) is 22.8 Å². The fraction of sp³-hybridized carbons (Fsp3) is 0.467. The van der Waals surface area contributed by atoms with Crippen molar-refractivity contribution < 1.29 is 18.8 Å². The molecule has 1 saturated heterocycles. The third-order valence-electron chi connectivity index (χ3n) is 3.79. The number of nitrogens with one attached hydrogen (secondary N) is 1. The highest BCUT2D eigenvalue weighted by Crippen LogP contribution is 2.35. The van der Waals surface area contributed by atoms with Crippen molar-refractivity contribution in [2.75, 3.05) is 6.61 Å². The summed E-state index contributed by atoms with van der Waals surface area (Å²) in [6.45, 7) is 2.33. The van der Waals surface area contributed by atoms with Gasteiger partial charge < -0.3 is 14.9 Å². The number of nitrogens with zero attached hydrogens (tertiary/aromatic N) is 1. The lowest BCUT2D eigenvalue weighted by Crippen LogP contribution is -2.36. The van der Waals surface area contributed by atoms with Gasteiger partial charge in [-0.2, -0.15) is 0 Å². The van der Waals surface area contributed by atoms with Crippen LogP contribution < -0.4 is 5.32 Å². The first kappa shape index (κ1) is 15.2. The molecule has 1 aromatic carbocycles. The van der Waals surface area contributed by atoms with Crippen LogP contribution in [-0.2, 0) is 14.4 Å². The molecule has 1 aromatic rings. The zero-order valence-corrected chi connectivity index (χ0v) is 12.8. The summed E-state index contributed by atoms with van der Waals surface area (Å²) >= 11 is 5.69. The number of benzene rings is 1. The molecule has 3 rings (SSSR count). The summed E-state index contributed by atoms with van der Waals surface area (Å²) in [4.78, 5) is 17.4. The van der Waals surface area contributed by atoms with E-state index in [2.05, 4.69) is 10.5 Å². The molecule has 118 valence electrons. The van der Waals surface area contributed by atoms with Gasteiger partial charge in [0.25, 0.3) is 0 Å². The maximum atomic E-state index is 13.6. The molecule has 0 saturated carbocycles. The lowest BCUT2D eigenvalue weighted by atomic mass is 9.94. The summed E-state index contributed by atoms with van der Waals surface area (Å²) in [6, 6.07) is 4.47. The van der Waals surface area contributed by atoms with E-state index >= 15 is 0 Å². The van der Waals surface area contributed by atoms with Gasteiger partial charge in [0.05, 0.1) is 17.0 Å². The van der Waals surface area contributed by atoms with Crippen molar-refractivity contribution in [1.82, 2.24) is 5.32 Å². The molecule has 2 aliphatic rings. The van der Waals surface area contributed by atoms with Gasteiger partial charge in [-0.25, -0.2) is 4.39 Å². The van der Waals surface area contributed by atoms with Crippen molar-refractivity contribution >= 4 is 23.3 Å².